The van der Waals surface area contributed by atoms with Crippen LogP contribution in [0.25, 0.3) is 0 Å². The van der Waals surface area contributed by atoms with Gasteiger partial charge in [-0.15, -0.1) is 0 Å². The zero-order chi connectivity index (χ0) is 15.6. The van der Waals surface area contributed by atoms with Crippen molar-refractivity contribution in [1.29, 1.82) is 0 Å². The van der Waals surface area contributed by atoms with E-state index in [4.69, 9.17) is 15.2 Å². The standard InChI is InChI=1S/C16H17NO4S/c17-9-8-12-11-20-16-10-14(6-7-15(16)21-12)22(18,19)13-4-2-1-3-5-13/h1-7,10,12H,8-9,11,17H2/t12-/m1/s1. The van der Waals surface area contributed by atoms with Gasteiger partial charge in [0.15, 0.2) is 11.5 Å². The Balaban J connectivity index is 1.92. The van der Waals surface area contributed by atoms with Crippen LogP contribution in [-0.4, -0.2) is 27.7 Å². The van der Waals surface area contributed by atoms with Gasteiger partial charge in [-0.3, -0.25) is 0 Å². The molecule has 0 spiro atoms. The van der Waals surface area contributed by atoms with Gasteiger partial charge < -0.3 is 15.2 Å². The van der Waals surface area contributed by atoms with Crippen LogP contribution < -0.4 is 15.2 Å². The zero-order valence-corrected chi connectivity index (χ0v) is 12.8. The smallest absolute Gasteiger partial charge is 0.206 e. The summed E-state index contributed by atoms with van der Waals surface area (Å²) in [6.45, 7) is 0.892. The van der Waals surface area contributed by atoms with E-state index in [0.717, 1.165) is 0 Å². The third-order valence-electron chi connectivity index (χ3n) is 3.49. The topological polar surface area (TPSA) is 78.6 Å². The molecular formula is C16H17NO4S. The molecule has 0 saturated heterocycles. The molecule has 22 heavy (non-hydrogen) atoms. The molecule has 0 unspecified atom stereocenters. The van der Waals surface area contributed by atoms with Gasteiger partial charge in [0.2, 0.25) is 9.84 Å². The lowest BCUT2D eigenvalue weighted by molar-refractivity contribution is 0.0863. The minimum atomic E-state index is -3.55. The first kappa shape index (κ1) is 14.9. The molecule has 1 heterocycles. The molecule has 2 aromatic carbocycles. The fourth-order valence-corrected chi connectivity index (χ4v) is 3.62. The summed E-state index contributed by atoms with van der Waals surface area (Å²) in [5.74, 6) is 1.00. The number of ether oxygens (including phenoxy) is 2. The van der Waals surface area contributed by atoms with Crippen molar-refractivity contribution in [2.24, 2.45) is 5.73 Å². The predicted octanol–water partition coefficient (Wildman–Crippen LogP) is 2.01. The summed E-state index contributed by atoms with van der Waals surface area (Å²) in [6, 6.07) is 13.0. The third kappa shape index (κ3) is 2.80. The van der Waals surface area contributed by atoms with Crippen molar-refractivity contribution in [3.8, 4) is 11.5 Å². The van der Waals surface area contributed by atoms with Crippen molar-refractivity contribution >= 4 is 9.84 Å². The Hall–Kier alpha value is -2.05. The van der Waals surface area contributed by atoms with Crippen molar-refractivity contribution in [1.82, 2.24) is 0 Å². The van der Waals surface area contributed by atoms with Gasteiger partial charge in [0.1, 0.15) is 12.7 Å². The van der Waals surface area contributed by atoms with E-state index in [9.17, 15) is 8.42 Å². The number of benzene rings is 2. The molecule has 0 aromatic heterocycles. The van der Waals surface area contributed by atoms with Crippen molar-refractivity contribution in [2.45, 2.75) is 22.3 Å². The normalized spacial score (nSPS) is 17.2. The summed E-state index contributed by atoms with van der Waals surface area (Å²) in [6.07, 6.45) is 0.609. The molecular weight excluding hydrogens is 302 g/mol. The van der Waals surface area contributed by atoms with Gasteiger partial charge in [0.25, 0.3) is 0 Å². The maximum Gasteiger partial charge on any atom is 0.206 e. The van der Waals surface area contributed by atoms with E-state index in [1.807, 2.05) is 0 Å². The van der Waals surface area contributed by atoms with Crippen LogP contribution in [0.4, 0.5) is 0 Å². The Bertz CT molecular complexity index is 759. The Kier molecular flexibility index (Phi) is 4.04. The molecule has 1 atom stereocenters. The predicted molar refractivity (Wildman–Crippen MR) is 81.9 cm³/mol. The van der Waals surface area contributed by atoms with E-state index < -0.39 is 9.84 Å². The molecule has 0 bridgehead atoms. The second-order valence-corrected chi connectivity index (χ2v) is 7.00. The van der Waals surface area contributed by atoms with Crippen LogP contribution >= 0.6 is 0 Å². The number of fused-ring (bicyclic) bond motifs is 1. The molecule has 2 aromatic rings. The van der Waals surface area contributed by atoms with Crippen LogP contribution in [0.5, 0.6) is 11.5 Å². The number of sulfone groups is 1. The third-order valence-corrected chi connectivity index (χ3v) is 5.25. The fraction of sp³-hybridized carbons (Fsp3) is 0.250. The Morgan fingerprint density at radius 1 is 1.05 bits per heavy atom. The molecule has 3 rings (SSSR count). The van der Waals surface area contributed by atoms with Crippen molar-refractivity contribution < 1.29 is 17.9 Å². The average Bonchev–Trinajstić information content (AvgIpc) is 2.55. The number of rotatable bonds is 4. The first-order valence-corrected chi connectivity index (χ1v) is 8.53. The Morgan fingerprint density at radius 3 is 2.55 bits per heavy atom. The molecule has 1 aliphatic rings. The first-order chi connectivity index (χ1) is 10.6. The lowest BCUT2D eigenvalue weighted by Crippen LogP contribution is -2.31. The SMILES string of the molecule is NCC[C@@H]1COc2cc(S(=O)(=O)c3ccccc3)ccc2O1. The Labute approximate surface area is 129 Å². The molecule has 1 aliphatic heterocycles. The molecule has 0 fully saturated rings. The average molecular weight is 319 g/mol. The molecule has 0 amide bonds. The summed E-state index contributed by atoms with van der Waals surface area (Å²) in [5.41, 5.74) is 5.51. The van der Waals surface area contributed by atoms with Gasteiger partial charge in [-0.2, -0.15) is 0 Å². The Morgan fingerprint density at radius 2 is 1.82 bits per heavy atom. The van der Waals surface area contributed by atoms with Crippen molar-refractivity contribution in [2.75, 3.05) is 13.2 Å². The van der Waals surface area contributed by atoms with Gasteiger partial charge in [0, 0.05) is 6.07 Å². The van der Waals surface area contributed by atoms with Gasteiger partial charge in [-0.05, 0) is 37.2 Å². The number of nitrogens with two attached hydrogens (primary N) is 1. The van der Waals surface area contributed by atoms with E-state index >= 15 is 0 Å². The minimum Gasteiger partial charge on any atom is -0.486 e. The maximum atomic E-state index is 12.6. The van der Waals surface area contributed by atoms with Crippen molar-refractivity contribution in [3.05, 3.63) is 48.5 Å². The van der Waals surface area contributed by atoms with Crippen LogP contribution in [0.15, 0.2) is 58.3 Å². The number of hydrogen-bond acceptors (Lipinski definition) is 5. The monoisotopic (exact) mass is 319 g/mol. The summed E-state index contributed by atoms with van der Waals surface area (Å²) in [5, 5.41) is 0. The van der Waals surface area contributed by atoms with Crippen molar-refractivity contribution in [3.63, 3.8) is 0 Å². The highest BCUT2D eigenvalue weighted by Crippen LogP contribution is 2.35. The van der Waals surface area contributed by atoms with Crippen LogP contribution in [0.2, 0.25) is 0 Å². The highest BCUT2D eigenvalue weighted by molar-refractivity contribution is 7.91. The summed E-state index contributed by atoms with van der Waals surface area (Å²) >= 11 is 0. The summed E-state index contributed by atoms with van der Waals surface area (Å²) in [7, 11) is -3.55. The lowest BCUT2D eigenvalue weighted by Gasteiger charge is -2.26. The van der Waals surface area contributed by atoms with E-state index in [-0.39, 0.29) is 15.9 Å². The summed E-state index contributed by atoms with van der Waals surface area (Å²) < 4.78 is 36.5. The van der Waals surface area contributed by atoms with Crippen LogP contribution in [-0.2, 0) is 9.84 Å². The lowest BCUT2D eigenvalue weighted by atomic mass is 10.2. The second-order valence-electron chi connectivity index (χ2n) is 5.05. The largest absolute Gasteiger partial charge is 0.486 e. The van der Waals surface area contributed by atoms with Crippen LogP contribution in [0.3, 0.4) is 0 Å². The molecule has 0 saturated carbocycles. The molecule has 0 radical (unpaired) electrons. The zero-order valence-electron chi connectivity index (χ0n) is 11.9. The van der Waals surface area contributed by atoms with Gasteiger partial charge in [0.05, 0.1) is 9.79 Å². The van der Waals surface area contributed by atoms with E-state index in [1.165, 1.54) is 12.1 Å². The molecule has 0 aliphatic carbocycles. The van der Waals surface area contributed by atoms with Gasteiger partial charge in [-0.25, -0.2) is 8.42 Å². The van der Waals surface area contributed by atoms with Crippen LogP contribution in [0, 0.1) is 0 Å². The molecule has 2 N–H and O–H groups in total. The highest BCUT2D eigenvalue weighted by atomic mass is 32.2. The maximum absolute atomic E-state index is 12.6. The fourth-order valence-electron chi connectivity index (χ4n) is 2.33. The van der Waals surface area contributed by atoms with Gasteiger partial charge >= 0.3 is 0 Å². The second kappa shape index (κ2) is 5.98. The van der Waals surface area contributed by atoms with Crippen LogP contribution in [0.1, 0.15) is 6.42 Å². The highest BCUT2D eigenvalue weighted by Gasteiger charge is 2.24. The number of hydrogen-bond donors (Lipinski definition) is 1. The molecule has 116 valence electrons. The van der Waals surface area contributed by atoms with E-state index in [1.54, 1.807) is 36.4 Å². The van der Waals surface area contributed by atoms with E-state index in [0.29, 0.717) is 31.1 Å². The quantitative estimate of drug-likeness (QED) is 0.932. The van der Waals surface area contributed by atoms with Gasteiger partial charge in [-0.1, -0.05) is 18.2 Å². The first-order valence-electron chi connectivity index (χ1n) is 7.05. The minimum absolute atomic E-state index is 0.0888. The van der Waals surface area contributed by atoms with E-state index in [2.05, 4.69) is 0 Å². The summed E-state index contributed by atoms with van der Waals surface area (Å²) in [4.78, 5) is 0.450. The molecule has 5 nitrogen and oxygen atoms in total. The molecule has 6 heteroatoms.